The third-order valence-corrected chi connectivity index (χ3v) is 6.92. The number of rotatable bonds is 3. The second kappa shape index (κ2) is 7.13. The molecule has 162 valence electrons. The first-order chi connectivity index (χ1) is 15.1. The van der Waals surface area contributed by atoms with Crippen LogP contribution in [0.3, 0.4) is 0 Å². The molecule has 9 heteroatoms. The van der Waals surface area contributed by atoms with Gasteiger partial charge in [-0.05, 0) is 25.0 Å². The summed E-state index contributed by atoms with van der Waals surface area (Å²) in [5, 5.41) is 11.4. The van der Waals surface area contributed by atoms with E-state index in [1.165, 1.54) is 0 Å². The lowest BCUT2D eigenvalue weighted by Crippen LogP contribution is -2.54. The Hall–Kier alpha value is -2.78. The largest absolute Gasteiger partial charge is 0.378 e. The van der Waals surface area contributed by atoms with Crippen molar-refractivity contribution in [1.82, 2.24) is 25.5 Å². The molecule has 0 radical (unpaired) electrons. The number of nitrogens with one attached hydrogen (secondary N) is 2. The number of benzene rings is 1. The fraction of sp³-hybridized carbons (Fsp3) is 0.500. The Morgan fingerprint density at radius 3 is 2.68 bits per heavy atom. The molecule has 0 aliphatic carbocycles. The highest BCUT2D eigenvalue weighted by Crippen LogP contribution is 2.40. The predicted octanol–water partition coefficient (Wildman–Crippen LogP) is 2.10. The van der Waals surface area contributed by atoms with Crippen molar-refractivity contribution in [3.05, 3.63) is 29.7 Å². The predicted molar refractivity (Wildman–Crippen MR) is 117 cm³/mol. The molecule has 31 heavy (non-hydrogen) atoms. The van der Waals surface area contributed by atoms with Crippen molar-refractivity contribution in [2.24, 2.45) is 5.41 Å². The number of anilines is 2. The lowest BCUT2D eigenvalue weighted by Gasteiger charge is -2.39. The molecule has 0 unspecified atom stereocenters. The molecule has 5 heterocycles. The van der Waals surface area contributed by atoms with Gasteiger partial charge in [0.25, 0.3) is 0 Å². The molecular formula is C22H26FN7O. The van der Waals surface area contributed by atoms with Crippen LogP contribution in [0.15, 0.2) is 18.3 Å². The van der Waals surface area contributed by atoms with Crippen LogP contribution in [0.1, 0.15) is 12.0 Å². The fourth-order valence-corrected chi connectivity index (χ4v) is 5.03. The van der Waals surface area contributed by atoms with E-state index in [1.54, 1.807) is 6.20 Å². The van der Waals surface area contributed by atoms with Gasteiger partial charge in [0, 0.05) is 55.6 Å². The third kappa shape index (κ3) is 3.06. The lowest BCUT2D eigenvalue weighted by atomic mass is 9.81. The molecule has 2 N–H and O–H groups in total. The van der Waals surface area contributed by atoms with Crippen LogP contribution in [0.25, 0.3) is 22.2 Å². The summed E-state index contributed by atoms with van der Waals surface area (Å²) >= 11 is 0. The van der Waals surface area contributed by atoms with Crippen molar-refractivity contribution in [2.45, 2.75) is 13.3 Å². The topological polar surface area (TPSA) is 82.2 Å². The van der Waals surface area contributed by atoms with Gasteiger partial charge in [-0.25, -0.2) is 9.37 Å². The van der Waals surface area contributed by atoms with Crippen molar-refractivity contribution in [3.63, 3.8) is 0 Å². The highest BCUT2D eigenvalue weighted by molar-refractivity contribution is 5.95. The van der Waals surface area contributed by atoms with Gasteiger partial charge in [0.15, 0.2) is 11.6 Å². The molecule has 3 saturated heterocycles. The Balaban J connectivity index is 1.51. The SMILES string of the molecule is Cc1ccc2[nH]ncc2c1-c1nc(N2CCOCC2)nc(N2CCC3(CNC3)C2)c1F. The molecule has 0 amide bonds. The molecule has 0 saturated carbocycles. The molecule has 0 atom stereocenters. The third-order valence-electron chi connectivity index (χ3n) is 6.92. The second-order valence-electron chi connectivity index (χ2n) is 8.97. The van der Waals surface area contributed by atoms with E-state index in [-0.39, 0.29) is 11.2 Å². The van der Waals surface area contributed by atoms with Crippen LogP contribution < -0.4 is 15.1 Å². The number of nitrogens with zero attached hydrogens (tertiary/aromatic N) is 5. The summed E-state index contributed by atoms with van der Waals surface area (Å²) in [5.41, 5.74) is 3.21. The van der Waals surface area contributed by atoms with Gasteiger partial charge in [0.1, 0.15) is 5.69 Å². The van der Waals surface area contributed by atoms with Crippen LogP contribution >= 0.6 is 0 Å². The zero-order valence-electron chi connectivity index (χ0n) is 17.6. The summed E-state index contributed by atoms with van der Waals surface area (Å²) in [7, 11) is 0. The van der Waals surface area contributed by atoms with Crippen molar-refractivity contribution >= 4 is 22.7 Å². The van der Waals surface area contributed by atoms with E-state index < -0.39 is 0 Å². The van der Waals surface area contributed by atoms with Gasteiger partial charge in [-0.2, -0.15) is 10.1 Å². The van der Waals surface area contributed by atoms with Crippen LogP contribution in [-0.2, 0) is 4.74 Å². The number of hydrogen-bond acceptors (Lipinski definition) is 7. The number of fused-ring (bicyclic) bond motifs is 1. The highest BCUT2D eigenvalue weighted by atomic mass is 19.1. The van der Waals surface area contributed by atoms with E-state index >= 15 is 4.39 Å². The first-order valence-corrected chi connectivity index (χ1v) is 10.9. The first-order valence-electron chi connectivity index (χ1n) is 10.9. The van der Waals surface area contributed by atoms with Gasteiger partial charge in [0.05, 0.1) is 24.9 Å². The van der Waals surface area contributed by atoms with Gasteiger partial charge >= 0.3 is 0 Å². The Labute approximate surface area is 179 Å². The minimum Gasteiger partial charge on any atom is -0.378 e. The van der Waals surface area contributed by atoms with Gasteiger partial charge in [0.2, 0.25) is 5.95 Å². The number of hydrogen-bond donors (Lipinski definition) is 2. The zero-order valence-corrected chi connectivity index (χ0v) is 17.6. The average Bonchev–Trinajstić information content (AvgIpc) is 3.42. The monoisotopic (exact) mass is 423 g/mol. The summed E-state index contributed by atoms with van der Waals surface area (Å²) in [6.45, 7) is 8.26. The number of ether oxygens (including phenoxy) is 1. The molecule has 8 nitrogen and oxygen atoms in total. The number of H-pyrrole nitrogens is 1. The molecule has 3 aromatic rings. The standard InChI is InChI=1S/C22H26FN7O/c1-14-2-3-16-15(10-25-28-16)17(14)19-18(23)20(30-5-4-22(13-30)11-24-12-22)27-21(26-19)29-6-8-31-9-7-29/h2-3,10,24H,4-9,11-13H2,1H3,(H,25,28). The van der Waals surface area contributed by atoms with Crippen molar-refractivity contribution in [3.8, 4) is 11.3 Å². The van der Waals surface area contributed by atoms with Crippen molar-refractivity contribution in [2.75, 3.05) is 62.3 Å². The first kappa shape index (κ1) is 18.9. The molecule has 6 rings (SSSR count). The van der Waals surface area contributed by atoms with E-state index in [0.717, 1.165) is 54.6 Å². The molecular weight excluding hydrogens is 397 g/mol. The maximum absolute atomic E-state index is 16.1. The highest BCUT2D eigenvalue weighted by Gasteiger charge is 2.44. The molecule has 1 aromatic carbocycles. The van der Waals surface area contributed by atoms with Crippen LogP contribution in [0.2, 0.25) is 0 Å². The lowest BCUT2D eigenvalue weighted by molar-refractivity contribution is 0.122. The number of halogens is 1. The number of morpholine rings is 1. The van der Waals surface area contributed by atoms with E-state index in [0.29, 0.717) is 43.8 Å². The molecule has 3 aliphatic heterocycles. The Kier molecular flexibility index (Phi) is 4.36. The summed E-state index contributed by atoms with van der Waals surface area (Å²) in [5.74, 6) is 0.635. The van der Waals surface area contributed by atoms with Gasteiger partial charge < -0.3 is 19.9 Å². The maximum atomic E-state index is 16.1. The van der Waals surface area contributed by atoms with Crippen molar-refractivity contribution in [1.29, 1.82) is 0 Å². The maximum Gasteiger partial charge on any atom is 0.228 e. The van der Waals surface area contributed by atoms with Gasteiger partial charge in [-0.1, -0.05) is 6.07 Å². The van der Waals surface area contributed by atoms with Gasteiger partial charge in [-0.15, -0.1) is 0 Å². The number of aromatic amines is 1. The van der Waals surface area contributed by atoms with Crippen LogP contribution in [0, 0.1) is 18.2 Å². The van der Waals surface area contributed by atoms with E-state index in [9.17, 15) is 0 Å². The van der Waals surface area contributed by atoms with E-state index in [4.69, 9.17) is 14.7 Å². The van der Waals surface area contributed by atoms with E-state index in [1.807, 2.05) is 19.1 Å². The quantitative estimate of drug-likeness (QED) is 0.668. The Morgan fingerprint density at radius 1 is 1.10 bits per heavy atom. The summed E-state index contributed by atoms with van der Waals surface area (Å²) in [6, 6.07) is 3.95. The summed E-state index contributed by atoms with van der Waals surface area (Å²) in [6.07, 6.45) is 2.81. The summed E-state index contributed by atoms with van der Waals surface area (Å²) < 4.78 is 21.6. The molecule has 2 aromatic heterocycles. The second-order valence-corrected chi connectivity index (χ2v) is 8.97. The Morgan fingerprint density at radius 2 is 1.94 bits per heavy atom. The van der Waals surface area contributed by atoms with Crippen LogP contribution in [0.4, 0.5) is 16.2 Å². The molecule has 1 spiro atoms. The van der Waals surface area contributed by atoms with Gasteiger partial charge in [-0.3, -0.25) is 5.10 Å². The normalized spacial score (nSPS) is 20.6. The average molecular weight is 423 g/mol. The molecule has 0 bridgehead atoms. The zero-order chi connectivity index (χ0) is 21.0. The molecule has 3 aliphatic rings. The summed E-state index contributed by atoms with van der Waals surface area (Å²) in [4.78, 5) is 13.7. The number of aryl methyl sites for hydroxylation is 1. The fourth-order valence-electron chi connectivity index (χ4n) is 5.03. The van der Waals surface area contributed by atoms with Crippen LogP contribution in [0.5, 0.6) is 0 Å². The van der Waals surface area contributed by atoms with Crippen LogP contribution in [-0.4, -0.2) is 72.6 Å². The Bertz CT molecular complexity index is 1140. The molecule has 3 fully saturated rings. The minimum atomic E-state index is -0.349. The smallest absolute Gasteiger partial charge is 0.228 e. The minimum absolute atomic E-state index is 0.247. The number of aromatic nitrogens is 4. The van der Waals surface area contributed by atoms with E-state index in [2.05, 4.69) is 25.3 Å². The van der Waals surface area contributed by atoms with Crippen molar-refractivity contribution < 1.29 is 9.13 Å².